The largest absolute Gasteiger partial charge is 0.469 e. The molecule has 0 bridgehead atoms. The maximum Gasteiger partial charge on any atom is 0.311 e. The first-order valence-electron chi connectivity index (χ1n) is 5.84. The number of carbonyl (C=O) groups is 1. The van der Waals surface area contributed by atoms with E-state index in [9.17, 15) is 4.79 Å². The number of methoxy groups -OCH3 is 1. The molecule has 1 rings (SSSR count). The van der Waals surface area contributed by atoms with E-state index in [1.807, 2.05) is 0 Å². The molecule has 1 N–H and O–H groups in total. The van der Waals surface area contributed by atoms with E-state index < -0.39 is 0 Å². The molecule has 1 saturated carbocycles. The summed E-state index contributed by atoms with van der Waals surface area (Å²) in [5.74, 6) is 0.572. The average Bonchev–Trinajstić information content (AvgIpc) is 2.61. The monoisotopic (exact) mass is 214 g/mol. The number of aliphatic hydroxyl groups excluding tert-OH is 1. The molecule has 3 heteroatoms. The van der Waals surface area contributed by atoms with Crippen LogP contribution < -0.4 is 0 Å². The van der Waals surface area contributed by atoms with Crippen LogP contribution in [0.5, 0.6) is 0 Å². The van der Waals surface area contributed by atoms with Crippen LogP contribution in [0.3, 0.4) is 0 Å². The third kappa shape index (κ3) is 2.94. The second kappa shape index (κ2) is 5.50. The number of rotatable bonds is 5. The van der Waals surface area contributed by atoms with Gasteiger partial charge < -0.3 is 9.84 Å². The lowest BCUT2D eigenvalue weighted by Crippen LogP contribution is -2.29. The summed E-state index contributed by atoms with van der Waals surface area (Å²) in [7, 11) is 1.47. The van der Waals surface area contributed by atoms with E-state index in [-0.39, 0.29) is 18.0 Å². The molecule has 0 aromatic carbocycles. The molecule has 0 aromatic rings. The summed E-state index contributed by atoms with van der Waals surface area (Å²) in [6.07, 6.45) is 5.58. The highest BCUT2D eigenvalue weighted by Gasteiger charge is 2.44. The Bertz CT molecular complexity index is 215. The van der Waals surface area contributed by atoms with Crippen LogP contribution in [-0.4, -0.2) is 24.8 Å². The Hall–Kier alpha value is -0.570. The number of ether oxygens (including phenoxy) is 1. The first kappa shape index (κ1) is 12.5. The smallest absolute Gasteiger partial charge is 0.311 e. The molecule has 0 aliphatic heterocycles. The standard InChI is InChI=1S/C12H22O3/c1-10-5-7-12(9-10,11(14)15-2)6-3-4-8-13/h10,13H,3-9H2,1-2H3. The van der Waals surface area contributed by atoms with Crippen molar-refractivity contribution in [3.63, 3.8) is 0 Å². The van der Waals surface area contributed by atoms with Crippen LogP contribution in [0.1, 0.15) is 45.4 Å². The van der Waals surface area contributed by atoms with Gasteiger partial charge in [0.2, 0.25) is 0 Å². The average molecular weight is 214 g/mol. The van der Waals surface area contributed by atoms with Crippen molar-refractivity contribution < 1.29 is 14.6 Å². The highest BCUT2D eigenvalue weighted by Crippen LogP contribution is 2.46. The predicted molar refractivity (Wildman–Crippen MR) is 58.4 cm³/mol. The Labute approximate surface area is 91.8 Å². The van der Waals surface area contributed by atoms with Crippen molar-refractivity contribution >= 4 is 5.97 Å². The van der Waals surface area contributed by atoms with Crippen molar-refractivity contribution in [2.75, 3.05) is 13.7 Å². The SMILES string of the molecule is COC(=O)C1(CCCCO)CCC(C)C1. The van der Waals surface area contributed by atoms with Crippen LogP contribution in [0.2, 0.25) is 0 Å². The van der Waals surface area contributed by atoms with Crippen LogP contribution in [0.4, 0.5) is 0 Å². The Balaban J connectivity index is 2.57. The highest BCUT2D eigenvalue weighted by molar-refractivity contribution is 5.77. The van der Waals surface area contributed by atoms with Gasteiger partial charge in [-0.3, -0.25) is 4.79 Å². The summed E-state index contributed by atoms with van der Waals surface area (Å²) in [4.78, 5) is 11.8. The quantitative estimate of drug-likeness (QED) is 0.563. The van der Waals surface area contributed by atoms with Crippen molar-refractivity contribution in [3.8, 4) is 0 Å². The summed E-state index contributed by atoms with van der Waals surface area (Å²) >= 11 is 0. The fraction of sp³-hybridized carbons (Fsp3) is 0.917. The lowest BCUT2D eigenvalue weighted by Gasteiger charge is -2.26. The van der Waals surface area contributed by atoms with E-state index in [1.165, 1.54) is 7.11 Å². The van der Waals surface area contributed by atoms with Crippen LogP contribution in [0, 0.1) is 11.3 Å². The summed E-state index contributed by atoms with van der Waals surface area (Å²) in [6.45, 7) is 2.41. The second-order valence-electron chi connectivity index (χ2n) is 4.80. The minimum Gasteiger partial charge on any atom is -0.469 e. The molecule has 15 heavy (non-hydrogen) atoms. The summed E-state index contributed by atoms with van der Waals surface area (Å²) in [6, 6.07) is 0. The van der Waals surface area contributed by atoms with E-state index in [0.717, 1.165) is 38.5 Å². The molecule has 0 radical (unpaired) electrons. The first-order valence-corrected chi connectivity index (χ1v) is 5.84. The third-order valence-corrected chi connectivity index (χ3v) is 3.54. The van der Waals surface area contributed by atoms with Gasteiger partial charge in [0.25, 0.3) is 0 Å². The minimum absolute atomic E-state index is 0.0511. The Kier molecular flexibility index (Phi) is 4.58. The fourth-order valence-corrected chi connectivity index (χ4v) is 2.70. The van der Waals surface area contributed by atoms with Gasteiger partial charge in [-0.25, -0.2) is 0 Å². The predicted octanol–water partition coefficient (Wildman–Crippen LogP) is 2.13. The first-order chi connectivity index (χ1) is 7.14. The molecule has 0 saturated heterocycles. The van der Waals surface area contributed by atoms with Crippen molar-refractivity contribution in [2.24, 2.45) is 11.3 Å². The lowest BCUT2D eigenvalue weighted by atomic mass is 9.80. The summed E-state index contributed by atoms with van der Waals surface area (Å²) < 4.78 is 4.92. The number of esters is 1. The van der Waals surface area contributed by atoms with E-state index in [0.29, 0.717) is 5.92 Å². The van der Waals surface area contributed by atoms with Gasteiger partial charge in [-0.15, -0.1) is 0 Å². The molecule has 88 valence electrons. The van der Waals surface area contributed by atoms with Crippen molar-refractivity contribution in [2.45, 2.75) is 45.4 Å². The van der Waals surface area contributed by atoms with E-state index in [1.54, 1.807) is 0 Å². The molecular weight excluding hydrogens is 192 g/mol. The topological polar surface area (TPSA) is 46.5 Å². The van der Waals surface area contributed by atoms with Crippen LogP contribution in [0.15, 0.2) is 0 Å². The lowest BCUT2D eigenvalue weighted by molar-refractivity contribution is -0.153. The zero-order valence-corrected chi connectivity index (χ0v) is 9.79. The van der Waals surface area contributed by atoms with Gasteiger partial charge in [0.15, 0.2) is 0 Å². The van der Waals surface area contributed by atoms with Gasteiger partial charge in [-0.1, -0.05) is 13.3 Å². The normalized spacial score (nSPS) is 30.5. The van der Waals surface area contributed by atoms with Crippen molar-refractivity contribution in [1.82, 2.24) is 0 Å². The Morgan fingerprint density at radius 1 is 1.53 bits per heavy atom. The van der Waals surface area contributed by atoms with Gasteiger partial charge >= 0.3 is 5.97 Å². The van der Waals surface area contributed by atoms with Gasteiger partial charge in [0.05, 0.1) is 12.5 Å². The molecule has 0 amide bonds. The molecule has 0 spiro atoms. The molecule has 0 aromatic heterocycles. The van der Waals surface area contributed by atoms with Gasteiger partial charge in [-0.05, 0) is 38.0 Å². The zero-order chi connectivity index (χ0) is 11.3. The molecule has 1 fully saturated rings. The van der Waals surface area contributed by atoms with Crippen LogP contribution in [-0.2, 0) is 9.53 Å². The minimum atomic E-state index is -0.247. The number of unbranched alkanes of at least 4 members (excludes halogenated alkanes) is 1. The fourth-order valence-electron chi connectivity index (χ4n) is 2.70. The van der Waals surface area contributed by atoms with E-state index in [2.05, 4.69) is 6.92 Å². The maximum atomic E-state index is 11.8. The van der Waals surface area contributed by atoms with Crippen LogP contribution >= 0.6 is 0 Å². The van der Waals surface area contributed by atoms with Gasteiger partial charge in [-0.2, -0.15) is 0 Å². The summed E-state index contributed by atoms with van der Waals surface area (Å²) in [5.41, 5.74) is -0.247. The number of aliphatic hydroxyl groups is 1. The van der Waals surface area contributed by atoms with Crippen molar-refractivity contribution in [1.29, 1.82) is 0 Å². The van der Waals surface area contributed by atoms with Gasteiger partial charge in [0, 0.05) is 6.61 Å². The van der Waals surface area contributed by atoms with Crippen LogP contribution in [0.25, 0.3) is 0 Å². The summed E-state index contributed by atoms with van der Waals surface area (Å²) in [5, 5.41) is 8.76. The Morgan fingerprint density at radius 2 is 2.27 bits per heavy atom. The molecule has 0 heterocycles. The maximum absolute atomic E-state index is 11.8. The number of hydrogen-bond acceptors (Lipinski definition) is 3. The molecule has 2 atom stereocenters. The highest BCUT2D eigenvalue weighted by atomic mass is 16.5. The Morgan fingerprint density at radius 3 is 2.73 bits per heavy atom. The molecule has 3 nitrogen and oxygen atoms in total. The van der Waals surface area contributed by atoms with Crippen molar-refractivity contribution in [3.05, 3.63) is 0 Å². The molecule has 2 unspecified atom stereocenters. The second-order valence-corrected chi connectivity index (χ2v) is 4.80. The molecule has 1 aliphatic carbocycles. The van der Waals surface area contributed by atoms with Gasteiger partial charge in [0.1, 0.15) is 0 Å². The zero-order valence-electron chi connectivity index (χ0n) is 9.79. The number of carbonyl (C=O) groups excluding carboxylic acids is 1. The van der Waals surface area contributed by atoms with E-state index >= 15 is 0 Å². The molecule has 1 aliphatic rings. The number of hydrogen-bond donors (Lipinski definition) is 1. The molecular formula is C12H22O3. The van der Waals surface area contributed by atoms with E-state index in [4.69, 9.17) is 9.84 Å². The third-order valence-electron chi connectivity index (χ3n) is 3.54.